The number of ether oxygens (including phenoxy) is 2. The molecule has 32 heavy (non-hydrogen) atoms. The molecule has 8 nitrogen and oxygen atoms in total. The molecule has 1 aromatic carbocycles. The summed E-state index contributed by atoms with van der Waals surface area (Å²) >= 11 is 0. The van der Waals surface area contributed by atoms with Crippen LogP contribution in [0.4, 0.5) is 0 Å². The largest absolute Gasteiger partial charge is 0.496 e. The molecule has 0 spiro atoms. The van der Waals surface area contributed by atoms with E-state index in [4.69, 9.17) is 14.5 Å². The van der Waals surface area contributed by atoms with Crippen LogP contribution in [-0.4, -0.2) is 39.5 Å². The standard InChI is InChI=1S/C24H24N2O6/c1-3-24(30)17-10-19-21-13(11-26(19)22(28)16(17)12-32-23(24)29)9-15-14(5-4-8-27)20(31-2)7-6-18(15)25-21/h6-7,9-10,27,30H,3-5,8,11-12H2,1-2H3. The van der Waals surface area contributed by atoms with Crippen molar-refractivity contribution in [2.45, 2.75) is 44.9 Å². The molecule has 0 saturated carbocycles. The van der Waals surface area contributed by atoms with Gasteiger partial charge in [0.1, 0.15) is 12.4 Å². The molecule has 0 amide bonds. The van der Waals surface area contributed by atoms with Crippen LogP contribution in [0.25, 0.3) is 22.3 Å². The molecule has 2 aromatic heterocycles. The number of benzene rings is 1. The highest BCUT2D eigenvalue weighted by molar-refractivity contribution is 5.89. The van der Waals surface area contributed by atoms with Gasteiger partial charge in [-0.1, -0.05) is 6.92 Å². The first-order valence-corrected chi connectivity index (χ1v) is 10.7. The van der Waals surface area contributed by atoms with Crippen molar-refractivity contribution in [2.75, 3.05) is 13.7 Å². The Morgan fingerprint density at radius 3 is 2.81 bits per heavy atom. The number of esters is 1. The first-order chi connectivity index (χ1) is 15.4. The molecule has 2 aliphatic heterocycles. The molecule has 1 atom stereocenters. The number of hydrogen-bond acceptors (Lipinski definition) is 7. The number of aliphatic hydroxyl groups excluding tert-OH is 1. The fraction of sp³-hybridized carbons (Fsp3) is 0.375. The minimum atomic E-state index is -1.84. The molecular formula is C24H24N2O6. The third kappa shape index (κ3) is 2.79. The Hall–Kier alpha value is -3.23. The zero-order valence-electron chi connectivity index (χ0n) is 18.0. The van der Waals surface area contributed by atoms with Gasteiger partial charge in [0.05, 0.1) is 36.1 Å². The van der Waals surface area contributed by atoms with Crippen LogP contribution in [-0.2, 0) is 34.7 Å². The maximum atomic E-state index is 13.3. The van der Waals surface area contributed by atoms with E-state index in [0.29, 0.717) is 41.9 Å². The van der Waals surface area contributed by atoms with Crippen molar-refractivity contribution in [3.8, 4) is 17.1 Å². The topological polar surface area (TPSA) is 111 Å². The summed E-state index contributed by atoms with van der Waals surface area (Å²) in [4.78, 5) is 30.4. The first-order valence-electron chi connectivity index (χ1n) is 10.7. The minimum absolute atomic E-state index is 0.0748. The van der Waals surface area contributed by atoms with Crippen LogP contribution in [0.5, 0.6) is 5.75 Å². The number of rotatable bonds is 5. The molecular weight excluding hydrogens is 412 g/mol. The van der Waals surface area contributed by atoms with E-state index in [1.807, 2.05) is 18.2 Å². The maximum Gasteiger partial charge on any atom is 0.343 e. The van der Waals surface area contributed by atoms with Gasteiger partial charge in [-0.2, -0.15) is 0 Å². The van der Waals surface area contributed by atoms with E-state index in [2.05, 4.69) is 0 Å². The summed E-state index contributed by atoms with van der Waals surface area (Å²) in [5.41, 5.74) is 2.33. The SMILES string of the molecule is CCC1(O)C(=O)OCc2c1cc1n(c2=O)Cc2cc3c(CCCO)c(OC)ccc3nc2-1. The van der Waals surface area contributed by atoms with Crippen molar-refractivity contribution >= 4 is 16.9 Å². The number of fused-ring (bicyclic) bond motifs is 5. The summed E-state index contributed by atoms with van der Waals surface area (Å²) in [6.07, 6.45) is 1.35. The Balaban J connectivity index is 1.73. The van der Waals surface area contributed by atoms with Gasteiger partial charge < -0.3 is 24.3 Å². The van der Waals surface area contributed by atoms with Crippen molar-refractivity contribution in [2.24, 2.45) is 0 Å². The van der Waals surface area contributed by atoms with E-state index < -0.39 is 11.6 Å². The second-order valence-corrected chi connectivity index (χ2v) is 8.24. The van der Waals surface area contributed by atoms with E-state index in [1.165, 1.54) is 0 Å². The maximum absolute atomic E-state index is 13.3. The van der Waals surface area contributed by atoms with Crippen LogP contribution in [0.2, 0.25) is 0 Å². The number of nitrogens with zero attached hydrogens (tertiary/aromatic N) is 2. The number of aryl methyl sites for hydroxylation is 1. The van der Waals surface area contributed by atoms with E-state index in [0.717, 1.165) is 27.8 Å². The van der Waals surface area contributed by atoms with Gasteiger partial charge in [-0.05, 0) is 43.5 Å². The van der Waals surface area contributed by atoms with Gasteiger partial charge in [0, 0.05) is 28.7 Å². The van der Waals surface area contributed by atoms with Crippen molar-refractivity contribution in [1.82, 2.24) is 9.55 Å². The lowest BCUT2D eigenvalue weighted by Crippen LogP contribution is -2.44. The number of carbonyl (C=O) groups is 1. The first kappa shape index (κ1) is 20.7. The average Bonchev–Trinajstić information content (AvgIpc) is 3.16. The lowest BCUT2D eigenvalue weighted by atomic mass is 9.86. The molecule has 0 aliphatic carbocycles. The molecule has 2 aliphatic rings. The van der Waals surface area contributed by atoms with Gasteiger partial charge in [-0.25, -0.2) is 9.78 Å². The van der Waals surface area contributed by atoms with Crippen molar-refractivity contribution in [3.05, 3.63) is 56.9 Å². The molecule has 0 fully saturated rings. The third-order valence-corrected chi connectivity index (χ3v) is 6.56. The van der Waals surface area contributed by atoms with E-state index >= 15 is 0 Å². The number of aromatic nitrogens is 2. The van der Waals surface area contributed by atoms with E-state index in [-0.39, 0.29) is 25.2 Å². The van der Waals surface area contributed by atoms with Gasteiger partial charge in [0.25, 0.3) is 5.56 Å². The summed E-state index contributed by atoms with van der Waals surface area (Å²) in [6, 6.07) is 7.46. The smallest absolute Gasteiger partial charge is 0.343 e. The van der Waals surface area contributed by atoms with Gasteiger partial charge in [-0.15, -0.1) is 0 Å². The molecule has 5 rings (SSSR count). The number of hydrogen-bond donors (Lipinski definition) is 2. The summed E-state index contributed by atoms with van der Waals surface area (Å²) in [5.74, 6) is 0.00155. The molecule has 4 heterocycles. The Labute approximate surface area is 184 Å². The van der Waals surface area contributed by atoms with Crippen LogP contribution in [0, 0.1) is 0 Å². The Morgan fingerprint density at radius 2 is 2.09 bits per heavy atom. The molecule has 1 unspecified atom stereocenters. The average molecular weight is 436 g/mol. The number of aliphatic hydroxyl groups is 2. The Bertz CT molecular complexity index is 1330. The van der Waals surface area contributed by atoms with Crippen LogP contribution in [0.1, 0.15) is 42.0 Å². The quantitative estimate of drug-likeness (QED) is 0.461. The van der Waals surface area contributed by atoms with Crippen LogP contribution in [0.15, 0.2) is 29.1 Å². The zero-order chi connectivity index (χ0) is 22.6. The number of methoxy groups -OCH3 is 1. The summed E-state index contributed by atoms with van der Waals surface area (Å²) in [7, 11) is 1.61. The van der Waals surface area contributed by atoms with Crippen molar-refractivity contribution in [1.29, 1.82) is 0 Å². The second-order valence-electron chi connectivity index (χ2n) is 8.24. The van der Waals surface area contributed by atoms with E-state index in [9.17, 15) is 19.8 Å². The number of pyridine rings is 2. The van der Waals surface area contributed by atoms with Gasteiger partial charge in [-0.3, -0.25) is 4.79 Å². The highest BCUT2D eigenvalue weighted by Crippen LogP contribution is 2.39. The highest BCUT2D eigenvalue weighted by atomic mass is 16.6. The fourth-order valence-corrected chi connectivity index (χ4v) is 4.80. The van der Waals surface area contributed by atoms with E-state index in [1.54, 1.807) is 24.7 Å². The zero-order valence-corrected chi connectivity index (χ0v) is 18.0. The van der Waals surface area contributed by atoms with Crippen molar-refractivity contribution in [3.63, 3.8) is 0 Å². The van der Waals surface area contributed by atoms with Crippen molar-refractivity contribution < 1.29 is 24.5 Å². The number of cyclic esters (lactones) is 1. The lowest BCUT2D eigenvalue weighted by Gasteiger charge is -2.31. The lowest BCUT2D eigenvalue weighted by molar-refractivity contribution is -0.172. The van der Waals surface area contributed by atoms with Gasteiger partial charge >= 0.3 is 5.97 Å². The van der Waals surface area contributed by atoms with Crippen LogP contribution in [0.3, 0.4) is 0 Å². The van der Waals surface area contributed by atoms with Gasteiger partial charge in [0.2, 0.25) is 0 Å². The minimum Gasteiger partial charge on any atom is -0.496 e. The predicted molar refractivity (Wildman–Crippen MR) is 116 cm³/mol. The summed E-state index contributed by atoms with van der Waals surface area (Å²) in [6.45, 7) is 1.95. The number of carbonyl (C=O) groups excluding carboxylic acids is 1. The molecule has 8 heteroatoms. The Morgan fingerprint density at radius 1 is 1.28 bits per heavy atom. The monoisotopic (exact) mass is 436 g/mol. The molecule has 2 N–H and O–H groups in total. The fourth-order valence-electron chi connectivity index (χ4n) is 4.80. The third-order valence-electron chi connectivity index (χ3n) is 6.56. The molecule has 0 bridgehead atoms. The molecule has 0 radical (unpaired) electrons. The summed E-state index contributed by atoms with van der Waals surface area (Å²) < 4.78 is 12.3. The molecule has 3 aromatic rings. The predicted octanol–water partition coefficient (Wildman–Crippen LogP) is 2.01. The molecule has 0 saturated heterocycles. The van der Waals surface area contributed by atoms with Crippen LogP contribution >= 0.6 is 0 Å². The second kappa shape index (κ2) is 7.43. The van der Waals surface area contributed by atoms with Crippen LogP contribution < -0.4 is 10.3 Å². The normalized spacial score (nSPS) is 18.8. The van der Waals surface area contributed by atoms with Gasteiger partial charge in [0.15, 0.2) is 5.60 Å². The Kier molecular flexibility index (Phi) is 4.79. The summed E-state index contributed by atoms with van der Waals surface area (Å²) in [5, 5.41) is 21.2. The highest BCUT2D eigenvalue weighted by Gasteiger charge is 2.45. The molecule has 166 valence electrons.